The molecule has 2 amide bonds. The van der Waals surface area contributed by atoms with Gasteiger partial charge in [-0.2, -0.15) is 0 Å². The van der Waals surface area contributed by atoms with Gasteiger partial charge in [0.05, 0.1) is 17.4 Å². The van der Waals surface area contributed by atoms with Crippen LogP contribution < -0.4 is 0 Å². The summed E-state index contributed by atoms with van der Waals surface area (Å²) < 4.78 is 1.79. The molecule has 1 unspecified atom stereocenters. The van der Waals surface area contributed by atoms with Gasteiger partial charge in [-0.1, -0.05) is 0 Å². The molecule has 25 heavy (non-hydrogen) atoms. The van der Waals surface area contributed by atoms with Crippen molar-refractivity contribution in [1.29, 1.82) is 0 Å². The third-order valence-electron chi connectivity index (χ3n) is 5.26. The zero-order valence-electron chi connectivity index (χ0n) is 14.2. The van der Waals surface area contributed by atoms with E-state index in [-0.39, 0.29) is 17.4 Å². The molecule has 0 radical (unpaired) electrons. The number of thiazole rings is 1. The Kier molecular flexibility index (Phi) is 4.07. The molecule has 0 saturated carbocycles. The van der Waals surface area contributed by atoms with Crippen LogP contribution in [0.1, 0.15) is 46.7 Å². The van der Waals surface area contributed by atoms with Gasteiger partial charge in [0.15, 0.2) is 0 Å². The molecule has 0 aromatic carbocycles. The highest BCUT2D eigenvalue weighted by atomic mass is 32.1. The van der Waals surface area contributed by atoms with E-state index in [0.29, 0.717) is 17.9 Å². The third kappa shape index (κ3) is 2.84. The Bertz CT molecular complexity index is 787. The molecule has 2 aromatic rings. The highest BCUT2D eigenvalue weighted by Crippen LogP contribution is 2.38. The molecule has 132 valence electrons. The van der Waals surface area contributed by atoms with E-state index in [9.17, 15) is 9.59 Å². The Hall–Kier alpha value is -2.22. The molecule has 0 bridgehead atoms. The van der Waals surface area contributed by atoms with E-state index in [1.165, 1.54) is 11.3 Å². The van der Waals surface area contributed by atoms with Crippen LogP contribution in [0.4, 0.5) is 0 Å². The van der Waals surface area contributed by atoms with Crippen LogP contribution in [-0.2, 0) is 7.05 Å². The molecule has 1 atom stereocenters. The van der Waals surface area contributed by atoms with Gasteiger partial charge < -0.3 is 14.4 Å². The first-order valence-electron chi connectivity index (χ1n) is 8.56. The zero-order chi connectivity index (χ0) is 17.4. The molecule has 0 aliphatic carbocycles. The summed E-state index contributed by atoms with van der Waals surface area (Å²) >= 11 is 1.43. The maximum Gasteiger partial charge on any atom is 0.274 e. The first-order chi connectivity index (χ1) is 12.1. The molecule has 8 heteroatoms. The predicted molar refractivity (Wildman–Crippen MR) is 93.5 cm³/mol. The Morgan fingerprint density at radius 3 is 2.60 bits per heavy atom. The number of hydrogen-bond acceptors (Lipinski definition) is 5. The fourth-order valence-corrected chi connectivity index (χ4v) is 4.63. The highest BCUT2D eigenvalue weighted by Gasteiger charge is 2.47. The van der Waals surface area contributed by atoms with Gasteiger partial charge in [0.25, 0.3) is 11.8 Å². The standard InChI is InChI=1S/C17H21N5O2S/c1-20-8-13(18-11-20)16(24)22-7-3-5-17(22)4-2-6-21(10-17)15(23)14-9-25-12-19-14/h8-9,11-12H,2-7,10H2,1H3. The van der Waals surface area contributed by atoms with Crippen molar-refractivity contribution in [2.75, 3.05) is 19.6 Å². The lowest BCUT2D eigenvalue weighted by molar-refractivity contribution is 0.0269. The van der Waals surface area contributed by atoms with Crippen molar-refractivity contribution in [2.45, 2.75) is 31.2 Å². The van der Waals surface area contributed by atoms with Crippen molar-refractivity contribution in [2.24, 2.45) is 7.05 Å². The second-order valence-electron chi connectivity index (χ2n) is 6.91. The number of amides is 2. The number of rotatable bonds is 2. The van der Waals surface area contributed by atoms with E-state index >= 15 is 0 Å². The SMILES string of the molecule is Cn1cnc(C(=O)N2CCCC23CCCN(C(=O)c2cscn2)C3)c1. The molecule has 2 aliphatic rings. The molecular formula is C17H21N5O2S. The quantitative estimate of drug-likeness (QED) is 0.820. The summed E-state index contributed by atoms with van der Waals surface area (Å²) in [5, 5.41) is 1.79. The normalized spacial score (nSPS) is 23.4. The average molecular weight is 359 g/mol. The zero-order valence-corrected chi connectivity index (χ0v) is 15.0. The van der Waals surface area contributed by atoms with E-state index in [4.69, 9.17) is 0 Å². The van der Waals surface area contributed by atoms with Crippen LogP contribution >= 0.6 is 11.3 Å². The van der Waals surface area contributed by atoms with E-state index in [2.05, 4.69) is 9.97 Å². The Morgan fingerprint density at radius 1 is 1.12 bits per heavy atom. The number of carbonyl (C=O) groups excluding carboxylic acids is 2. The van der Waals surface area contributed by atoms with Crippen LogP contribution in [0, 0.1) is 0 Å². The molecule has 4 heterocycles. The van der Waals surface area contributed by atoms with Crippen LogP contribution in [0.5, 0.6) is 0 Å². The lowest BCUT2D eigenvalue weighted by Crippen LogP contribution is -2.58. The molecule has 1 spiro atoms. The number of nitrogens with zero attached hydrogens (tertiary/aromatic N) is 5. The fourth-order valence-electron chi connectivity index (χ4n) is 4.11. The monoisotopic (exact) mass is 359 g/mol. The van der Waals surface area contributed by atoms with Gasteiger partial charge >= 0.3 is 0 Å². The first kappa shape index (κ1) is 16.3. The summed E-state index contributed by atoms with van der Waals surface area (Å²) in [7, 11) is 1.86. The second-order valence-corrected chi connectivity index (χ2v) is 7.63. The van der Waals surface area contributed by atoms with E-state index in [1.54, 1.807) is 28.0 Å². The molecular weight excluding hydrogens is 338 g/mol. The molecule has 7 nitrogen and oxygen atoms in total. The number of imidazole rings is 1. The summed E-state index contributed by atoms with van der Waals surface area (Å²) in [5.41, 5.74) is 2.40. The third-order valence-corrected chi connectivity index (χ3v) is 5.85. The molecule has 0 N–H and O–H groups in total. The van der Waals surface area contributed by atoms with Gasteiger partial charge in [-0.25, -0.2) is 9.97 Å². The first-order valence-corrected chi connectivity index (χ1v) is 9.51. The Labute approximate surface area is 150 Å². The molecule has 2 aliphatic heterocycles. The highest BCUT2D eigenvalue weighted by molar-refractivity contribution is 7.07. The largest absolute Gasteiger partial charge is 0.340 e. The minimum atomic E-state index is -0.265. The number of aryl methyl sites for hydroxylation is 1. The number of hydrogen-bond donors (Lipinski definition) is 0. The van der Waals surface area contributed by atoms with E-state index < -0.39 is 0 Å². The van der Waals surface area contributed by atoms with Gasteiger partial charge in [-0.15, -0.1) is 11.3 Å². The van der Waals surface area contributed by atoms with E-state index in [1.807, 2.05) is 16.8 Å². The van der Waals surface area contributed by atoms with Gasteiger partial charge in [-0.3, -0.25) is 9.59 Å². The van der Waals surface area contributed by atoms with Crippen molar-refractivity contribution in [3.8, 4) is 0 Å². The van der Waals surface area contributed by atoms with Crippen LogP contribution in [0.3, 0.4) is 0 Å². The van der Waals surface area contributed by atoms with Gasteiger partial charge in [0.2, 0.25) is 0 Å². The lowest BCUT2D eigenvalue weighted by atomic mass is 9.86. The van der Waals surface area contributed by atoms with Gasteiger partial charge in [0, 0.05) is 38.3 Å². The van der Waals surface area contributed by atoms with Crippen LogP contribution in [-0.4, -0.2) is 61.3 Å². The number of piperidine rings is 1. The molecule has 2 fully saturated rings. The number of likely N-dealkylation sites (tertiary alicyclic amines) is 2. The van der Waals surface area contributed by atoms with Crippen molar-refractivity contribution in [3.63, 3.8) is 0 Å². The van der Waals surface area contributed by atoms with Crippen molar-refractivity contribution < 1.29 is 9.59 Å². The summed E-state index contributed by atoms with van der Waals surface area (Å²) in [6, 6.07) is 0. The second kappa shape index (κ2) is 6.25. The van der Waals surface area contributed by atoms with Crippen molar-refractivity contribution in [3.05, 3.63) is 34.8 Å². The smallest absolute Gasteiger partial charge is 0.274 e. The van der Waals surface area contributed by atoms with Crippen LogP contribution in [0.25, 0.3) is 0 Å². The van der Waals surface area contributed by atoms with Gasteiger partial charge in [0.1, 0.15) is 11.4 Å². The van der Waals surface area contributed by atoms with E-state index in [0.717, 1.165) is 38.8 Å². The van der Waals surface area contributed by atoms with Crippen molar-refractivity contribution >= 4 is 23.2 Å². The summed E-state index contributed by atoms with van der Waals surface area (Å²) in [5.74, 6) is -0.0569. The fraction of sp³-hybridized carbons (Fsp3) is 0.529. The molecule has 2 saturated heterocycles. The lowest BCUT2D eigenvalue weighted by Gasteiger charge is -2.45. The Morgan fingerprint density at radius 2 is 1.92 bits per heavy atom. The topological polar surface area (TPSA) is 71.3 Å². The molecule has 2 aromatic heterocycles. The summed E-state index contributed by atoms with van der Waals surface area (Å²) in [4.78, 5) is 37.9. The van der Waals surface area contributed by atoms with Crippen molar-refractivity contribution in [1.82, 2.24) is 24.3 Å². The predicted octanol–water partition coefficient (Wildman–Crippen LogP) is 1.79. The minimum Gasteiger partial charge on any atom is -0.340 e. The average Bonchev–Trinajstić information content (AvgIpc) is 3.35. The van der Waals surface area contributed by atoms with Crippen LogP contribution in [0.15, 0.2) is 23.4 Å². The maximum atomic E-state index is 13.0. The Balaban J connectivity index is 1.57. The summed E-state index contributed by atoms with van der Waals surface area (Å²) in [6.45, 7) is 2.04. The van der Waals surface area contributed by atoms with Crippen LogP contribution in [0.2, 0.25) is 0 Å². The van der Waals surface area contributed by atoms with Gasteiger partial charge in [-0.05, 0) is 25.7 Å². The number of aromatic nitrogens is 3. The minimum absolute atomic E-state index is 0.0268. The number of carbonyl (C=O) groups is 2. The summed E-state index contributed by atoms with van der Waals surface area (Å²) in [6.07, 6.45) is 7.16. The maximum absolute atomic E-state index is 13.0. The molecule has 4 rings (SSSR count).